The molecule has 0 unspecified atom stereocenters. The molecule has 0 fully saturated rings. The van der Waals surface area contributed by atoms with Gasteiger partial charge < -0.3 is 9.84 Å². The molecule has 0 atom stereocenters. The molecule has 0 aliphatic heterocycles. The number of phenolic OH excluding ortho intramolecular Hbond substituents is 1. The molecule has 3 aromatic rings. The smallest absolute Gasteiger partial charge is 0.316 e. The average molecular weight is 252 g/mol. The monoisotopic (exact) mass is 252 g/mol. The van der Waals surface area contributed by atoms with E-state index >= 15 is 0 Å². The van der Waals surface area contributed by atoms with Crippen LogP contribution in [-0.4, -0.2) is 22.2 Å². The van der Waals surface area contributed by atoms with Crippen LogP contribution >= 0.6 is 0 Å². The fourth-order valence-corrected chi connectivity index (χ4v) is 2.01. The highest BCUT2D eigenvalue weighted by Crippen LogP contribution is 2.29. The molecular weight excluding hydrogens is 240 g/mol. The molecule has 1 N–H and O–H groups in total. The van der Waals surface area contributed by atoms with Gasteiger partial charge in [0.05, 0.1) is 7.11 Å². The summed E-state index contributed by atoms with van der Waals surface area (Å²) in [5.74, 6) is 0.272. The number of rotatable bonds is 2. The van der Waals surface area contributed by atoms with E-state index in [1.54, 1.807) is 18.5 Å². The molecule has 1 heterocycles. The van der Waals surface area contributed by atoms with Crippen LogP contribution in [0.25, 0.3) is 21.9 Å². The minimum Gasteiger partial charge on any atom is -0.507 e. The third kappa shape index (κ3) is 2.08. The Morgan fingerprint density at radius 1 is 1.00 bits per heavy atom. The average Bonchev–Trinajstić information content (AvgIpc) is 2.47. The lowest BCUT2D eigenvalue weighted by Crippen LogP contribution is -1.91. The molecule has 0 aliphatic carbocycles. The van der Waals surface area contributed by atoms with E-state index in [0.717, 1.165) is 21.9 Å². The summed E-state index contributed by atoms with van der Waals surface area (Å²) in [7, 11) is 1.53. The summed E-state index contributed by atoms with van der Waals surface area (Å²) < 4.78 is 4.93. The second-order valence-corrected chi connectivity index (χ2v) is 4.17. The molecule has 0 saturated heterocycles. The SMILES string of the molecule is COc1ncc(-c2ccc3cccc(O)c3c2)cn1. The first-order chi connectivity index (χ1) is 9.28. The second kappa shape index (κ2) is 4.57. The Morgan fingerprint density at radius 3 is 2.53 bits per heavy atom. The number of nitrogens with zero attached hydrogens (tertiary/aromatic N) is 2. The first-order valence-electron chi connectivity index (χ1n) is 5.86. The van der Waals surface area contributed by atoms with E-state index in [2.05, 4.69) is 9.97 Å². The fourth-order valence-electron chi connectivity index (χ4n) is 2.01. The third-order valence-corrected chi connectivity index (χ3v) is 3.00. The molecule has 1 aromatic heterocycles. The maximum atomic E-state index is 9.87. The summed E-state index contributed by atoms with van der Waals surface area (Å²) in [6, 6.07) is 11.7. The highest BCUT2D eigenvalue weighted by atomic mass is 16.5. The number of benzene rings is 2. The van der Waals surface area contributed by atoms with Crippen LogP contribution in [0.15, 0.2) is 48.8 Å². The van der Waals surface area contributed by atoms with Crippen molar-refractivity contribution in [2.45, 2.75) is 0 Å². The maximum Gasteiger partial charge on any atom is 0.316 e. The number of hydrogen-bond acceptors (Lipinski definition) is 4. The van der Waals surface area contributed by atoms with Crippen LogP contribution in [0.3, 0.4) is 0 Å². The van der Waals surface area contributed by atoms with Crippen molar-refractivity contribution in [3.05, 3.63) is 48.8 Å². The maximum absolute atomic E-state index is 9.87. The quantitative estimate of drug-likeness (QED) is 0.761. The Balaban J connectivity index is 2.11. The van der Waals surface area contributed by atoms with Crippen molar-refractivity contribution in [2.24, 2.45) is 0 Å². The van der Waals surface area contributed by atoms with Crippen LogP contribution in [0, 0.1) is 0 Å². The van der Waals surface area contributed by atoms with Crippen molar-refractivity contribution in [2.75, 3.05) is 7.11 Å². The van der Waals surface area contributed by atoms with E-state index in [9.17, 15) is 5.11 Å². The Morgan fingerprint density at radius 2 is 1.79 bits per heavy atom. The molecule has 0 amide bonds. The number of methoxy groups -OCH3 is 1. The predicted octanol–water partition coefficient (Wildman–Crippen LogP) is 3.01. The van der Waals surface area contributed by atoms with Crippen molar-refractivity contribution in [1.82, 2.24) is 9.97 Å². The van der Waals surface area contributed by atoms with E-state index in [-0.39, 0.29) is 5.75 Å². The molecule has 94 valence electrons. The van der Waals surface area contributed by atoms with Crippen molar-refractivity contribution >= 4 is 10.8 Å². The molecule has 4 nitrogen and oxygen atoms in total. The van der Waals surface area contributed by atoms with Gasteiger partial charge in [0.25, 0.3) is 0 Å². The van der Waals surface area contributed by atoms with Gasteiger partial charge in [-0.3, -0.25) is 0 Å². The van der Waals surface area contributed by atoms with Gasteiger partial charge in [-0.15, -0.1) is 0 Å². The Labute approximate surface area is 110 Å². The number of phenols is 1. The van der Waals surface area contributed by atoms with Crippen LogP contribution in [0.4, 0.5) is 0 Å². The molecule has 19 heavy (non-hydrogen) atoms. The third-order valence-electron chi connectivity index (χ3n) is 3.00. The number of fused-ring (bicyclic) bond motifs is 1. The molecule has 0 radical (unpaired) electrons. The van der Waals surface area contributed by atoms with Crippen molar-refractivity contribution in [3.8, 4) is 22.9 Å². The van der Waals surface area contributed by atoms with Gasteiger partial charge in [-0.2, -0.15) is 0 Å². The zero-order valence-electron chi connectivity index (χ0n) is 10.4. The van der Waals surface area contributed by atoms with Gasteiger partial charge in [0.2, 0.25) is 0 Å². The Kier molecular flexibility index (Phi) is 2.76. The highest BCUT2D eigenvalue weighted by molar-refractivity contribution is 5.91. The fraction of sp³-hybridized carbons (Fsp3) is 0.0667. The zero-order valence-corrected chi connectivity index (χ0v) is 10.4. The van der Waals surface area contributed by atoms with E-state index in [1.165, 1.54) is 7.11 Å². The molecule has 2 aromatic carbocycles. The molecule has 0 spiro atoms. The van der Waals surface area contributed by atoms with Gasteiger partial charge >= 0.3 is 6.01 Å². The largest absolute Gasteiger partial charge is 0.507 e. The summed E-state index contributed by atoms with van der Waals surface area (Å²) in [6.45, 7) is 0. The van der Waals surface area contributed by atoms with Gasteiger partial charge in [-0.25, -0.2) is 9.97 Å². The van der Waals surface area contributed by atoms with Crippen LogP contribution in [-0.2, 0) is 0 Å². The number of aromatic hydroxyl groups is 1. The van der Waals surface area contributed by atoms with E-state index < -0.39 is 0 Å². The summed E-state index contributed by atoms with van der Waals surface area (Å²) in [4.78, 5) is 8.16. The Hall–Kier alpha value is -2.62. The normalized spacial score (nSPS) is 10.6. The lowest BCUT2D eigenvalue weighted by molar-refractivity contribution is 0.380. The second-order valence-electron chi connectivity index (χ2n) is 4.17. The van der Waals surface area contributed by atoms with Crippen LogP contribution in [0.2, 0.25) is 0 Å². The van der Waals surface area contributed by atoms with Crippen LogP contribution in [0.5, 0.6) is 11.8 Å². The van der Waals surface area contributed by atoms with E-state index in [1.807, 2.05) is 30.3 Å². The van der Waals surface area contributed by atoms with Gasteiger partial charge in [0.15, 0.2) is 0 Å². The number of aromatic nitrogens is 2. The van der Waals surface area contributed by atoms with Crippen LogP contribution < -0.4 is 4.74 Å². The molecule has 0 aliphatic rings. The lowest BCUT2D eigenvalue weighted by atomic mass is 10.0. The summed E-state index contributed by atoms with van der Waals surface area (Å²) in [6.07, 6.45) is 3.40. The van der Waals surface area contributed by atoms with Gasteiger partial charge in [-0.05, 0) is 23.1 Å². The van der Waals surface area contributed by atoms with E-state index in [4.69, 9.17) is 4.74 Å². The Bertz CT molecular complexity index is 724. The van der Waals surface area contributed by atoms with Crippen molar-refractivity contribution in [3.63, 3.8) is 0 Å². The lowest BCUT2D eigenvalue weighted by Gasteiger charge is -2.05. The molecule has 0 bridgehead atoms. The van der Waals surface area contributed by atoms with Gasteiger partial charge in [-0.1, -0.05) is 24.3 Å². The van der Waals surface area contributed by atoms with Crippen LogP contribution in [0.1, 0.15) is 0 Å². The molecule has 3 rings (SSSR count). The summed E-state index contributed by atoms with van der Waals surface area (Å²) >= 11 is 0. The molecule has 0 saturated carbocycles. The molecular formula is C15H12N2O2. The number of hydrogen-bond donors (Lipinski definition) is 1. The number of ether oxygens (including phenoxy) is 1. The minimum atomic E-state index is 0.272. The predicted molar refractivity (Wildman–Crippen MR) is 73.2 cm³/mol. The molecule has 4 heteroatoms. The summed E-state index contributed by atoms with van der Waals surface area (Å²) in [5, 5.41) is 11.7. The first kappa shape index (κ1) is 11.5. The van der Waals surface area contributed by atoms with Gasteiger partial charge in [0, 0.05) is 23.3 Å². The summed E-state index contributed by atoms with van der Waals surface area (Å²) in [5.41, 5.74) is 1.84. The highest BCUT2D eigenvalue weighted by Gasteiger charge is 2.04. The topological polar surface area (TPSA) is 55.2 Å². The van der Waals surface area contributed by atoms with Gasteiger partial charge in [0.1, 0.15) is 5.75 Å². The minimum absolute atomic E-state index is 0.272. The van der Waals surface area contributed by atoms with Crippen molar-refractivity contribution < 1.29 is 9.84 Å². The van der Waals surface area contributed by atoms with Crippen molar-refractivity contribution in [1.29, 1.82) is 0 Å². The van der Waals surface area contributed by atoms with E-state index in [0.29, 0.717) is 6.01 Å². The standard InChI is InChI=1S/C15H12N2O2/c1-19-15-16-8-12(9-17-15)11-6-5-10-3-2-4-14(18)13(10)7-11/h2-9,18H,1H3. The first-order valence-corrected chi connectivity index (χ1v) is 5.86. The zero-order chi connectivity index (χ0) is 13.2.